The molecule has 0 bridgehead atoms. The SMILES string of the molecule is CC/C=C\C/C=C\C/C=C\C/C=C\C/C=C\C/C=C\C/C=C\C/C=C\C/C=C\CCCCCCCCCC(=O)OC(COC(=O)CCCCCCCCCCCCCCCCCC/C=C\C/C=C\C/C=C\C/C=C\C/C=C\C/C=C\CC)COP(=O)(O)OCC[N+](C)(C)C. The number of likely N-dealkylation sites (N-methyl/N-ethyl adjacent to an activating group) is 1. The molecule has 9 nitrogen and oxygen atoms in total. The van der Waals surface area contributed by atoms with E-state index in [0.717, 1.165) is 141 Å². The first-order valence-electron chi connectivity index (χ1n) is 37.5. The van der Waals surface area contributed by atoms with Crippen molar-refractivity contribution in [2.45, 2.75) is 290 Å². The largest absolute Gasteiger partial charge is 0.472 e. The number of phosphoric acid groups is 1. The third-order valence-electron chi connectivity index (χ3n) is 15.4. The highest BCUT2D eigenvalue weighted by Gasteiger charge is 2.27. The molecular weight excluding hydrogens is 1180 g/mol. The second kappa shape index (κ2) is 72.4. The Hall–Kier alpha value is -4.89. The van der Waals surface area contributed by atoms with Crippen LogP contribution in [-0.2, 0) is 32.7 Å². The zero-order chi connectivity index (χ0) is 68.3. The average molecular weight is 1320 g/mol. The van der Waals surface area contributed by atoms with Gasteiger partial charge in [0.25, 0.3) is 0 Å². The molecule has 0 heterocycles. The monoisotopic (exact) mass is 1320 g/mol. The standard InChI is InChI=1S/C84H138NO8P/c1-6-8-10-12-14-16-18-20-22-24-26-28-30-32-34-36-38-40-42-44-46-48-50-52-54-56-58-60-62-64-66-68-70-72-74-76-83(86)90-80-82(81-92-94(88,89)91-79-78-85(3,4)5)93-84(87)77-75-73-71-69-67-65-63-61-59-57-55-53-51-49-47-45-43-41-39-37-35-33-31-29-27-25-23-21-19-17-15-13-11-9-7-2/h8-11,14-17,20-23,26-29,32-35,38-41,45,47,51,53,57,59,82H,6-7,12-13,18-19,24-25,30-31,36-37,42-44,46,48-50,52,54-56,58,60-81H2,1-5H3/p+1/b10-8-,11-9-,16-14-,17-15-,22-20-,23-21-,28-26-,29-27-,34-32-,35-33-,40-38-,41-39-,47-45-,53-51-,59-57-. The van der Waals surface area contributed by atoms with Gasteiger partial charge in [-0.05, 0) is 135 Å². The van der Waals surface area contributed by atoms with E-state index < -0.39 is 26.5 Å². The van der Waals surface area contributed by atoms with Crippen molar-refractivity contribution in [3.8, 4) is 0 Å². The molecule has 0 aromatic carbocycles. The fraction of sp³-hybridized carbons (Fsp3) is 0.619. The Bertz CT molecular complexity index is 2240. The fourth-order valence-corrected chi connectivity index (χ4v) is 10.5. The maximum absolute atomic E-state index is 12.9. The number of hydrogen-bond donors (Lipinski definition) is 1. The zero-order valence-corrected chi connectivity index (χ0v) is 61.5. The van der Waals surface area contributed by atoms with Crippen molar-refractivity contribution in [1.82, 2.24) is 0 Å². The summed E-state index contributed by atoms with van der Waals surface area (Å²) in [7, 11) is 1.45. The molecule has 532 valence electrons. The summed E-state index contributed by atoms with van der Waals surface area (Å²) < 4.78 is 34.8. The third-order valence-corrected chi connectivity index (χ3v) is 16.4. The second-order valence-corrected chi connectivity index (χ2v) is 27.0. The van der Waals surface area contributed by atoms with Crippen LogP contribution >= 0.6 is 7.82 Å². The number of quaternary nitrogens is 1. The van der Waals surface area contributed by atoms with Crippen LogP contribution in [0.1, 0.15) is 284 Å². The third kappa shape index (κ3) is 76.1. The highest BCUT2D eigenvalue weighted by atomic mass is 31.2. The van der Waals surface area contributed by atoms with E-state index in [1.807, 2.05) is 21.1 Å². The highest BCUT2D eigenvalue weighted by molar-refractivity contribution is 7.47. The van der Waals surface area contributed by atoms with Gasteiger partial charge in [-0.2, -0.15) is 0 Å². The second-order valence-electron chi connectivity index (χ2n) is 25.6. The summed E-state index contributed by atoms with van der Waals surface area (Å²) >= 11 is 0. The Morgan fingerprint density at radius 1 is 0.330 bits per heavy atom. The number of carbonyl (C=O) groups excluding carboxylic acids is 2. The molecule has 0 fully saturated rings. The van der Waals surface area contributed by atoms with E-state index in [9.17, 15) is 19.0 Å². The number of phosphoric ester groups is 1. The number of ether oxygens (including phenoxy) is 2. The number of unbranched alkanes of at least 4 members (excludes halogenated alkanes) is 23. The van der Waals surface area contributed by atoms with E-state index in [0.29, 0.717) is 17.4 Å². The Labute approximate surface area is 578 Å². The first kappa shape index (κ1) is 89.1. The minimum absolute atomic E-state index is 0.0210. The molecular formula is C84H139NO8P+. The van der Waals surface area contributed by atoms with Crippen LogP contribution in [0.5, 0.6) is 0 Å². The summed E-state index contributed by atoms with van der Waals surface area (Å²) in [5, 5.41) is 0. The topological polar surface area (TPSA) is 108 Å². The summed E-state index contributed by atoms with van der Waals surface area (Å²) in [6, 6.07) is 0. The van der Waals surface area contributed by atoms with Crippen molar-refractivity contribution >= 4 is 19.8 Å². The van der Waals surface area contributed by atoms with Crippen molar-refractivity contribution in [2.75, 3.05) is 47.5 Å². The normalized spacial score (nSPS) is 14.1. The molecule has 0 saturated heterocycles. The van der Waals surface area contributed by atoms with E-state index >= 15 is 0 Å². The molecule has 0 aliphatic carbocycles. The smallest absolute Gasteiger partial charge is 0.462 e. The number of hydrogen-bond acceptors (Lipinski definition) is 7. The van der Waals surface area contributed by atoms with Crippen LogP contribution < -0.4 is 0 Å². The van der Waals surface area contributed by atoms with Crippen molar-refractivity contribution in [2.24, 2.45) is 0 Å². The van der Waals surface area contributed by atoms with Gasteiger partial charge in [-0.25, -0.2) is 4.57 Å². The minimum Gasteiger partial charge on any atom is -0.462 e. The number of allylic oxidation sites excluding steroid dienone is 30. The van der Waals surface area contributed by atoms with E-state index in [-0.39, 0.29) is 32.0 Å². The molecule has 0 aromatic heterocycles. The fourth-order valence-electron chi connectivity index (χ4n) is 9.78. The molecule has 0 aliphatic heterocycles. The van der Waals surface area contributed by atoms with E-state index in [1.54, 1.807) is 0 Å². The van der Waals surface area contributed by atoms with Crippen LogP contribution in [0.2, 0.25) is 0 Å². The van der Waals surface area contributed by atoms with Crippen LogP contribution in [-0.4, -0.2) is 74.9 Å². The lowest BCUT2D eigenvalue weighted by molar-refractivity contribution is -0.870. The molecule has 1 N–H and O–H groups in total. The van der Waals surface area contributed by atoms with Crippen LogP contribution in [0.25, 0.3) is 0 Å². The average Bonchev–Trinajstić information content (AvgIpc) is 1.68. The maximum atomic E-state index is 12.9. The van der Waals surface area contributed by atoms with Crippen LogP contribution in [0, 0.1) is 0 Å². The molecule has 10 heteroatoms. The lowest BCUT2D eigenvalue weighted by Gasteiger charge is -2.24. The zero-order valence-electron chi connectivity index (χ0n) is 60.6. The van der Waals surface area contributed by atoms with Crippen LogP contribution in [0.3, 0.4) is 0 Å². The summed E-state index contributed by atoms with van der Waals surface area (Å²) in [4.78, 5) is 36.0. The number of esters is 2. The van der Waals surface area contributed by atoms with Crippen molar-refractivity contribution in [1.29, 1.82) is 0 Å². The van der Waals surface area contributed by atoms with Gasteiger partial charge in [0.05, 0.1) is 27.7 Å². The van der Waals surface area contributed by atoms with Gasteiger partial charge in [-0.1, -0.05) is 318 Å². The van der Waals surface area contributed by atoms with Crippen molar-refractivity contribution in [3.63, 3.8) is 0 Å². The lowest BCUT2D eigenvalue weighted by Crippen LogP contribution is -2.37. The molecule has 94 heavy (non-hydrogen) atoms. The van der Waals surface area contributed by atoms with Crippen molar-refractivity contribution < 1.29 is 42.1 Å². The van der Waals surface area contributed by atoms with Gasteiger partial charge in [0.15, 0.2) is 6.10 Å². The van der Waals surface area contributed by atoms with Gasteiger partial charge in [0.1, 0.15) is 19.8 Å². The molecule has 0 spiro atoms. The molecule has 0 aromatic rings. The van der Waals surface area contributed by atoms with Gasteiger partial charge in [-0.15, -0.1) is 0 Å². The van der Waals surface area contributed by atoms with E-state index in [1.165, 1.54) is 109 Å². The maximum Gasteiger partial charge on any atom is 0.472 e. The molecule has 2 unspecified atom stereocenters. The Balaban J connectivity index is 4.10. The van der Waals surface area contributed by atoms with Gasteiger partial charge in [-0.3, -0.25) is 18.6 Å². The van der Waals surface area contributed by atoms with Gasteiger partial charge >= 0.3 is 19.8 Å². The molecule has 0 aliphatic rings. The van der Waals surface area contributed by atoms with Gasteiger partial charge in [0.2, 0.25) is 0 Å². The van der Waals surface area contributed by atoms with E-state index in [2.05, 4.69) is 196 Å². The molecule has 0 amide bonds. The number of nitrogens with zero attached hydrogens (tertiary/aromatic N) is 1. The van der Waals surface area contributed by atoms with Gasteiger partial charge in [0, 0.05) is 12.8 Å². The summed E-state index contributed by atoms with van der Waals surface area (Å²) in [5.74, 6) is -0.816. The molecule has 0 rings (SSSR count). The quantitative estimate of drug-likeness (QED) is 0.0211. The number of carbonyl (C=O) groups is 2. The summed E-state index contributed by atoms with van der Waals surface area (Å²) in [6.07, 6.45) is 111. The highest BCUT2D eigenvalue weighted by Crippen LogP contribution is 2.43. The Morgan fingerprint density at radius 2 is 0.574 bits per heavy atom. The molecule has 0 saturated carbocycles. The van der Waals surface area contributed by atoms with Crippen LogP contribution in [0.15, 0.2) is 182 Å². The van der Waals surface area contributed by atoms with Gasteiger partial charge < -0.3 is 18.9 Å². The summed E-state index contributed by atoms with van der Waals surface area (Å²) in [6.45, 7) is 4.19. The lowest BCUT2D eigenvalue weighted by atomic mass is 10.0. The molecule has 0 radical (unpaired) electrons. The Morgan fingerprint density at radius 3 is 0.851 bits per heavy atom. The first-order valence-corrected chi connectivity index (χ1v) is 39.0. The molecule has 2 atom stereocenters. The number of rotatable bonds is 67. The predicted molar refractivity (Wildman–Crippen MR) is 408 cm³/mol. The summed E-state index contributed by atoms with van der Waals surface area (Å²) in [5.41, 5.74) is 0. The minimum atomic E-state index is -4.41. The van der Waals surface area contributed by atoms with Crippen LogP contribution in [0.4, 0.5) is 0 Å². The predicted octanol–water partition coefficient (Wildman–Crippen LogP) is 25.0. The van der Waals surface area contributed by atoms with E-state index in [4.69, 9.17) is 18.5 Å². The van der Waals surface area contributed by atoms with Crippen molar-refractivity contribution in [3.05, 3.63) is 182 Å². The Kier molecular flexibility index (Phi) is 68.6. The first-order chi connectivity index (χ1) is 46.0.